The van der Waals surface area contributed by atoms with Crippen LogP contribution in [0.3, 0.4) is 0 Å². The van der Waals surface area contributed by atoms with Gasteiger partial charge in [-0.2, -0.15) is 0 Å². The van der Waals surface area contributed by atoms with Crippen molar-refractivity contribution in [3.05, 3.63) is 48.2 Å². The molecule has 27 heavy (non-hydrogen) atoms. The molecule has 6 nitrogen and oxygen atoms in total. The number of aromatic nitrogens is 1. The van der Waals surface area contributed by atoms with E-state index in [1.807, 2.05) is 36.5 Å². The van der Waals surface area contributed by atoms with Gasteiger partial charge in [0.15, 0.2) is 0 Å². The number of imide groups is 1. The van der Waals surface area contributed by atoms with Crippen molar-refractivity contribution in [2.24, 2.45) is 11.8 Å². The van der Waals surface area contributed by atoms with Crippen LogP contribution in [-0.2, 0) is 20.8 Å². The largest absolute Gasteiger partial charge is 0.361 e. The number of nitrogens with zero attached hydrogens (tertiary/aromatic N) is 1. The lowest BCUT2D eigenvalue weighted by atomic mass is 9.85. The molecule has 4 rings (SSSR count). The number of fused-ring (bicyclic) bond motifs is 2. The van der Waals surface area contributed by atoms with Crippen LogP contribution in [0.4, 0.5) is 0 Å². The van der Waals surface area contributed by atoms with E-state index in [9.17, 15) is 14.4 Å². The smallest absolute Gasteiger partial charge is 0.233 e. The number of amides is 3. The number of para-hydroxylation sites is 1. The van der Waals surface area contributed by atoms with E-state index in [-0.39, 0.29) is 42.5 Å². The Morgan fingerprint density at radius 3 is 2.56 bits per heavy atom. The lowest BCUT2D eigenvalue weighted by Gasteiger charge is -2.14. The second-order valence-electron chi connectivity index (χ2n) is 7.19. The molecular weight excluding hydrogens is 342 g/mol. The predicted octanol–water partition coefficient (Wildman–Crippen LogP) is 2.17. The summed E-state index contributed by atoms with van der Waals surface area (Å²) >= 11 is 0. The normalized spacial score (nSPS) is 21.7. The molecule has 0 unspecified atom stereocenters. The van der Waals surface area contributed by atoms with Crippen LogP contribution in [0.25, 0.3) is 10.9 Å². The highest BCUT2D eigenvalue weighted by atomic mass is 16.2. The van der Waals surface area contributed by atoms with E-state index in [4.69, 9.17) is 0 Å². The highest BCUT2D eigenvalue weighted by Crippen LogP contribution is 2.34. The molecule has 0 saturated carbocycles. The Labute approximate surface area is 157 Å². The molecule has 1 aliphatic heterocycles. The molecule has 0 bridgehead atoms. The third kappa shape index (κ3) is 3.39. The molecule has 140 valence electrons. The summed E-state index contributed by atoms with van der Waals surface area (Å²) in [6.07, 6.45) is 8.03. The van der Waals surface area contributed by atoms with Gasteiger partial charge in [0.2, 0.25) is 17.7 Å². The second-order valence-corrected chi connectivity index (χ2v) is 7.19. The minimum absolute atomic E-state index is 0.124. The number of H-pyrrole nitrogens is 1. The molecule has 0 spiro atoms. The maximum atomic E-state index is 12.4. The molecule has 3 amide bonds. The Hall–Kier alpha value is -2.89. The van der Waals surface area contributed by atoms with Crippen LogP contribution in [0, 0.1) is 11.8 Å². The fraction of sp³-hybridized carbons (Fsp3) is 0.381. The van der Waals surface area contributed by atoms with Gasteiger partial charge in [0.1, 0.15) is 0 Å². The van der Waals surface area contributed by atoms with Crippen LogP contribution >= 0.6 is 0 Å². The lowest BCUT2D eigenvalue weighted by Crippen LogP contribution is -2.35. The van der Waals surface area contributed by atoms with Crippen molar-refractivity contribution in [1.29, 1.82) is 0 Å². The topological polar surface area (TPSA) is 82.3 Å². The molecule has 2 atom stereocenters. The van der Waals surface area contributed by atoms with Crippen molar-refractivity contribution in [2.45, 2.75) is 25.7 Å². The maximum absolute atomic E-state index is 12.4. The number of carbonyl (C=O) groups excluding carboxylic acids is 3. The van der Waals surface area contributed by atoms with Gasteiger partial charge in [-0.15, -0.1) is 0 Å². The first-order valence-electron chi connectivity index (χ1n) is 9.47. The molecule has 2 heterocycles. The number of nitrogens with one attached hydrogen (secondary N) is 2. The molecular formula is C21H23N3O3. The zero-order valence-corrected chi connectivity index (χ0v) is 15.1. The molecule has 2 N–H and O–H groups in total. The predicted molar refractivity (Wildman–Crippen MR) is 102 cm³/mol. The maximum Gasteiger partial charge on any atom is 0.233 e. The molecule has 1 fully saturated rings. The van der Waals surface area contributed by atoms with Crippen LogP contribution in [0.1, 0.15) is 24.8 Å². The van der Waals surface area contributed by atoms with Gasteiger partial charge in [-0.05, 0) is 30.9 Å². The minimum atomic E-state index is -0.229. The van der Waals surface area contributed by atoms with Crippen LogP contribution in [0.15, 0.2) is 42.6 Å². The summed E-state index contributed by atoms with van der Waals surface area (Å²) < 4.78 is 0. The summed E-state index contributed by atoms with van der Waals surface area (Å²) in [5, 5.41) is 4.05. The first kappa shape index (κ1) is 17.5. The first-order chi connectivity index (χ1) is 13.1. The first-order valence-corrected chi connectivity index (χ1v) is 9.47. The third-order valence-corrected chi connectivity index (χ3v) is 5.55. The van der Waals surface area contributed by atoms with E-state index in [2.05, 4.69) is 16.4 Å². The summed E-state index contributed by atoms with van der Waals surface area (Å²) in [5.74, 6) is -0.842. The number of carbonyl (C=O) groups is 3. The number of rotatable bonds is 6. The van der Waals surface area contributed by atoms with Gasteiger partial charge in [-0.25, -0.2) is 0 Å². The summed E-state index contributed by atoms with van der Waals surface area (Å²) in [7, 11) is 0. The van der Waals surface area contributed by atoms with Crippen LogP contribution in [0.5, 0.6) is 0 Å². The Morgan fingerprint density at radius 1 is 1.11 bits per heavy atom. The zero-order valence-electron chi connectivity index (χ0n) is 15.1. The number of aromatic amines is 1. The van der Waals surface area contributed by atoms with Gasteiger partial charge in [-0.3, -0.25) is 19.3 Å². The average molecular weight is 365 g/mol. The van der Waals surface area contributed by atoms with E-state index in [0.29, 0.717) is 19.4 Å². The van der Waals surface area contributed by atoms with Crippen molar-refractivity contribution >= 4 is 28.6 Å². The Kier molecular flexibility index (Phi) is 4.79. The standard InChI is InChI=1S/C21H23N3O3/c25-19(22-11-9-14-13-23-18-8-4-3-5-15(14)18)10-12-24-20(26)16-6-1-2-7-17(16)21(24)27/h1-5,8,13,16-17,23H,6-7,9-12H2,(H,22,25)/t16-,17+. The highest BCUT2D eigenvalue weighted by Gasteiger charge is 2.46. The highest BCUT2D eigenvalue weighted by molar-refractivity contribution is 6.05. The molecule has 2 aromatic rings. The molecule has 1 aliphatic carbocycles. The van der Waals surface area contributed by atoms with Gasteiger partial charge in [0, 0.05) is 36.6 Å². The van der Waals surface area contributed by atoms with E-state index in [0.717, 1.165) is 22.9 Å². The Bertz CT molecular complexity index is 888. The Balaban J connectivity index is 1.25. The van der Waals surface area contributed by atoms with Crippen molar-refractivity contribution in [3.63, 3.8) is 0 Å². The zero-order chi connectivity index (χ0) is 18.8. The van der Waals surface area contributed by atoms with E-state index < -0.39 is 0 Å². The van der Waals surface area contributed by atoms with Crippen LogP contribution in [-0.4, -0.2) is 40.7 Å². The fourth-order valence-electron chi connectivity index (χ4n) is 4.07. The van der Waals surface area contributed by atoms with Crippen LogP contribution < -0.4 is 5.32 Å². The Morgan fingerprint density at radius 2 is 1.81 bits per heavy atom. The SMILES string of the molecule is O=C(CCN1C(=O)[C@H]2CC=CC[C@H]2C1=O)NCCc1c[nH]c2ccccc12. The van der Waals surface area contributed by atoms with Gasteiger partial charge in [0.25, 0.3) is 0 Å². The van der Waals surface area contributed by atoms with Gasteiger partial charge < -0.3 is 10.3 Å². The van der Waals surface area contributed by atoms with Gasteiger partial charge in [-0.1, -0.05) is 30.4 Å². The average Bonchev–Trinajstić information content (AvgIpc) is 3.20. The number of hydrogen-bond donors (Lipinski definition) is 2. The molecule has 1 saturated heterocycles. The molecule has 6 heteroatoms. The number of hydrogen-bond acceptors (Lipinski definition) is 3. The number of allylic oxidation sites excluding steroid dienone is 2. The minimum Gasteiger partial charge on any atom is -0.361 e. The summed E-state index contributed by atoms with van der Waals surface area (Å²) in [6, 6.07) is 8.06. The quantitative estimate of drug-likeness (QED) is 0.608. The summed E-state index contributed by atoms with van der Waals surface area (Å²) in [6.45, 7) is 0.696. The summed E-state index contributed by atoms with van der Waals surface area (Å²) in [5.41, 5.74) is 2.24. The lowest BCUT2D eigenvalue weighted by molar-refractivity contribution is -0.140. The van der Waals surface area contributed by atoms with Crippen molar-refractivity contribution < 1.29 is 14.4 Å². The second kappa shape index (κ2) is 7.39. The van der Waals surface area contributed by atoms with Gasteiger partial charge in [0.05, 0.1) is 11.8 Å². The molecule has 2 aliphatic rings. The molecule has 0 radical (unpaired) electrons. The fourth-order valence-corrected chi connectivity index (χ4v) is 4.07. The van der Waals surface area contributed by atoms with Gasteiger partial charge >= 0.3 is 0 Å². The van der Waals surface area contributed by atoms with E-state index in [1.165, 1.54) is 4.90 Å². The van der Waals surface area contributed by atoms with Crippen molar-refractivity contribution in [1.82, 2.24) is 15.2 Å². The van der Waals surface area contributed by atoms with Crippen molar-refractivity contribution in [3.8, 4) is 0 Å². The molecule has 1 aromatic carbocycles. The molecule has 1 aromatic heterocycles. The van der Waals surface area contributed by atoms with Crippen LogP contribution in [0.2, 0.25) is 0 Å². The monoisotopic (exact) mass is 365 g/mol. The third-order valence-electron chi connectivity index (χ3n) is 5.55. The van der Waals surface area contributed by atoms with Crippen molar-refractivity contribution in [2.75, 3.05) is 13.1 Å². The number of benzene rings is 1. The van der Waals surface area contributed by atoms with E-state index in [1.54, 1.807) is 0 Å². The van der Waals surface area contributed by atoms with E-state index >= 15 is 0 Å². The summed E-state index contributed by atoms with van der Waals surface area (Å²) in [4.78, 5) is 41.4. The number of likely N-dealkylation sites (tertiary alicyclic amines) is 1.